The summed E-state index contributed by atoms with van der Waals surface area (Å²) in [5, 5.41) is 19.8. The molecule has 1 spiro atoms. The molecule has 4 heteroatoms. The number of benzene rings is 6. The van der Waals surface area contributed by atoms with E-state index in [9.17, 15) is 5.11 Å². The number of hydrogen-bond donors (Lipinski definition) is 1. The maximum absolute atomic E-state index is 11.5. The highest BCUT2D eigenvalue weighted by atomic mass is 32.1. The van der Waals surface area contributed by atoms with E-state index in [1.807, 2.05) is 12.3 Å². The van der Waals surface area contributed by atoms with Gasteiger partial charge in [-0.3, -0.25) is 4.98 Å². The van der Waals surface area contributed by atoms with Crippen LogP contribution in [0.5, 0.6) is 5.75 Å². The van der Waals surface area contributed by atoms with Crippen LogP contribution >= 0.6 is 11.3 Å². The van der Waals surface area contributed by atoms with Gasteiger partial charge in [0.05, 0.1) is 21.5 Å². The molecule has 2 heterocycles. The summed E-state index contributed by atoms with van der Waals surface area (Å²) in [5.41, 5.74) is 11.0. The summed E-state index contributed by atoms with van der Waals surface area (Å²) in [5.74, 6) is 1.50. The van der Waals surface area contributed by atoms with E-state index < -0.39 is 0 Å². The Morgan fingerprint density at radius 1 is 0.607 bits per heavy atom. The van der Waals surface area contributed by atoms with E-state index in [0.717, 1.165) is 32.9 Å². The van der Waals surface area contributed by atoms with Crippen molar-refractivity contribution in [2.75, 3.05) is 0 Å². The molecule has 2 aromatic heterocycles. The monoisotopic (exact) mass is 818 g/mol. The van der Waals surface area contributed by atoms with Gasteiger partial charge in [0.2, 0.25) is 0 Å². The second-order valence-corrected chi connectivity index (χ2v) is 21.1. The van der Waals surface area contributed by atoms with Gasteiger partial charge >= 0.3 is 0 Å². The van der Waals surface area contributed by atoms with Crippen molar-refractivity contribution in [2.24, 2.45) is 5.41 Å². The summed E-state index contributed by atoms with van der Waals surface area (Å²) in [6, 6.07) is 38.5. The summed E-state index contributed by atoms with van der Waals surface area (Å²) in [6.07, 6.45) is 21.0. The molecule has 1 N–H and O–H groups in total. The first kappa shape index (κ1) is 38.8. The molecule has 0 unspecified atom stereocenters. The summed E-state index contributed by atoms with van der Waals surface area (Å²) in [6.45, 7) is 6.57. The van der Waals surface area contributed by atoms with Crippen molar-refractivity contribution in [3.8, 4) is 38.7 Å². The van der Waals surface area contributed by atoms with Crippen LogP contribution in [0.2, 0.25) is 0 Å². The van der Waals surface area contributed by atoms with E-state index >= 15 is 0 Å². The average Bonchev–Trinajstić information content (AvgIpc) is 3.74. The van der Waals surface area contributed by atoms with Crippen LogP contribution in [0, 0.1) is 5.41 Å². The quantitative estimate of drug-likeness (QED) is 0.176. The van der Waals surface area contributed by atoms with Crippen LogP contribution < -0.4 is 0 Å². The normalized spacial score (nSPS) is 17.9. The van der Waals surface area contributed by atoms with Gasteiger partial charge in [0.25, 0.3) is 0 Å². The number of hydrogen-bond acceptors (Lipinski definition) is 4. The molecule has 3 aliphatic carbocycles. The van der Waals surface area contributed by atoms with Crippen molar-refractivity contribution in [1.29, 1.82) is 0 Å². The van der Waals surface area contributed by atoms with Crippen molar-refractivity contribution in [1.82, 2.24) is 9.97 Å². The van der Waals surface area contributed by atoms with E-state index in [2.05, 4.69) is 118 Å². The SMILES string of the molecule is CC(C)(C)c1ccc(-c2nc3c(s2)c(C2CCCCC2)cc2c4ccccc4c4ccc(-c5cc(-c6ccc(C7CCC8(CCCCC8)CC7)cc6)ccn5)cc4c23)c(O)c1. The fourth-order valence-electron chi connectivity index (χ4n) is 11.8. The van der Waals surface area contributed by atoms with Crippen molar-refractivity contribution in [3.05, 3.63) is 126 Å². The third-order valence-corrected chi connectivity index (χ3v) is 16.5. The molecule has 0 amide bonds. The number of phenolic OH excluding ortho intramolecular Hbond substituents is 1. The van der Waals surface area contributed by atoms with Crippen molar-refractivity contribution >= 4 is 53.9 Å². The Labute approximate surface area is 365 Å². The molecule has 0 radical (unpaired) electrons. The first-order chi connectivity index (χ1) is 29.7. The molecule has 0 aliphatic heterocycles. The Bertz CT molecular complexity index is 2930. The number of rotatable bonds is 5. The van der Waals surface area contributed by atoms with E-state index in [4.69, 9.17) is 9.97 Å². The number of aromatic nitrogens is 2. The molecule has 3 nitrogen and oxygen atoms in total. The molecule has 61 heavy (non-hydrogen) atoms. The highest BCUT2D eigenvalue weighted by molar-refractivity contribution is 7.22. The fourth-order valence-corrected chi connectivity index (χ4v) is 13.0. The van der Waals surface area contributed by atoms with Crippen molar-refractivity contribution in [2.45, 2.75) is 128 Å². The third-order valence-electron chi connectivity index (χ3n) is 15.4. The Kier molecular flexibility index (Phi) is 9.79. The van der Waals surface area contributed by atoms with Crippen LogP contribution in [0.25, 0.3) is 75.5 Å². The van der Waals surface area contributed by atoms with Crippen LogP contribution in [-0.2, 0) is 5.41 Å². The standard InChI is InChI=1S/C57H58N2OS/c1-56(2,3)42-21-23-46(51(60)34-42)55-59-53-52-48-32-41(20-22-45(48)43-14-8-9-15-44(43)49(52)35-47(54(53)61-55)39-12-6-4-7-13-39)50-33-40(26-31-58-50)37-18-16-36(17-19-37)38-24-29-57(30-25-38)27-10-5-11-28-57/h8-9,14-23,26,31-35,38-39,60H,4-7,10-13,24-25,27-30H2,1-3H3. The number of pyridine rings is 1. The maximum atomic E-state index is 11.5. The van der Waals surface area contributed by atoms with E-state index in [-0.39, 0.29) is 5.41 Å². The van der Waals surface area contributed by atoms with Gasteiger partial charge in [-0.15, -0.1) is 11.3 Å². The van der Waals surface area contributed by atoms with Gasteiger partial charge in [0.15, 0.2) is 0 Å². The van der Waals surface area contributed by atoms with E-state index in [1.165, 1.54) is 149 Å². The summed E-state index contributed by atoms with van der Waals surface area (Å²) in [4.78, 5) is 10.5. The highest BCUT2D eigenvalue weighted by Crippen LogP contribution is 2.52. The predicted octanol–water partition coefficient (Wildman–Crippen LogP) is 16.8. The first-order valence-corrected chi connectivity index (χ1v) is 24.2. The summed E-state index contributed by atoms with van der Waals surface area (Å²) < 4.78 is 1.26. The largest absolute Gasteiger partial charge is 0.507 e. The molecule has 3 saturated carbocycles. The lowest BCUT2D eigenvalue weighted by atomic mass is 9.62. The lowest BCUT2D eigenvalue weighted by Gasteiger charge is -2.43. The molecule has 0 saturated heterocycles. The van der Waals surface area contributed by atoms with Crippen molar-refractivity contribution in [3.63, 3.8) is 0 Å². The zero-order chi connectivity index (χ0) is 41.3. The maximum Gasteiger partial charge on any atom is 0.128 e. The molecular formula is C57H58N2OS. The summed E-state index contributed by atoms with van der Waals surface area (Å²) >= 11 is 1.76. The van der Waals surface area contributed by atoms with Gasteiger partial charge in [-0.2, -0.15) is 0 Å². The third kappa shape index (κ3) is 7.04. The Balaban J connectivity index is 1.02. The van der Waals surface area contributed by atoms with E-state index in [1.54, 1.807) is 11.3 Å². The van der Waals surface area contributed by atoms with Gasteiger partial charge < -0.3 is 5.11 Å². The van der Waals surface area contributed by atoms with Crippen LogP contribution in [0.4, 0.5) is 0 Å². The number of nitrogens with zero attached hydrogens (tertiary/aromatic N) is 2. The molecule has 6 aromatic carbocycles. The second-order valence-electron chi connectivity index (χ2n) is 20.1. The minimum Gasteiger partial charge on any atom is -0.507 e. The topological polar surface area (TPSA) is 46.0 Å². The Morgan fingerprint density at radius 2 is 1.30 bits per heavy atom. The van der Waals surface area contributed by atoms with Crippen LogP contribution in [0.15, 0.2) is 109 Å². The van der Waals surface area contributed by atoms with Crippen LogP contribution in [-0.4, -0.2) is 15.1 Å². The average molecular weight is 819 g/mol. The van der Waals surface area contributed by atoms with E-state index in [0.29, 0.717) is 23.0 Å². The van der Waals surface area contributed by atoms with Gasteiger partial charge in [0, 0.05) is 17.1 Å². The number of thiazole rings is 1. The molecule has 8 aromatic rings. The lowest BCUT2D eigenvalue weighted by molar-refractivity contribution is 0.114. The molecule has 3 fully saturated rings. The van der Waals surface area contributed by atoms with Crippen molar-refractivity contribution < 1.29 is 5.11 Å². The van der Waals surface area contributed by atoms with Crippen LogP contribution in [0.1, 0.15) is 139 Å². The molecule has 11 rings (SSSR count). The number of aromatic hydroxyl groups is 1. The molecular weight excluding hydrogens is 761 g/mol. The smallest absolute Gasteiger partial charge is 0.128 e. The minimum absolute atomic E-state index is 0.0579. The molecule has 0 atom stereocenters. The van der Waals surface area contributed by atoms with Gasteiger partial charge in [0.1, 0.15) is 10.8 Å². The van der Waals surface area contributed by atoms with Crippen LogP contribution in [0.3, 0.4) is 0 Å². The fraction of sp³-hybridized carbons (Fsp3) is 0.368. The molecule has 0 bridgehead atoms. The predicted molar refractivity (Wildman–Crippen MR) is 259 cm³/mol. The highest BCUT2D eigenvalue weighted by Gasteiger charge is 2.36. The zero-order valence-corrected chi connectivity index (χ0v) is 37.0. The lowest BCUT2D eigenvalue weighted by Crippen LogP contribution is -2.29. The molecule has 308 valence electrons. The second kappa shape index (κ2) is 15.4. The number of fused-ring (bicyclic) bond motifs is 8. The van der Waals surface area contributed by atoms with Gasteiger partial charge in [-0.25, -0.2) is 4.98 Å². The Hall–Kier alpha value is -5.06. The molecule has 3 aliphatic rings. The minimum atomic E-state index is -0.0579. The zero-order valence-electron chi connectivity index (χ0n) is 36.2. The summed E-state index contributed by atoms with van der Waals surface area (Å²) in [7, 11) is 0. The first-order valence-electron chi connectivity index (χ1n) is 23.3. The van der Waals surface area contributed by atoms with Gasteiger partial charge in [-0.05, 0) is 165 Å². The number of phenols is 1. The van der Waals surface area contributed by atoms with Gasteiger partial charge in [-0.1, -0.05) is 126 Å². The Morgan fingerprint density at radius 3 is 2.03 bits per heavy atom.